The van der Waals surface area contributed by atoms with Crippen LogP contribution in [0, 0.1) is 5.92 Å². The number of hydrogen-bond donors (Lipinski definition) is 0. The van der Waals surface area contributed by atoms with Crippen LogP contribution in [-0.2, 0) is 4.74 Å². The van der Waals surface area contributed by atoms with Gasteiger partial charge >= 0.3 is 0 Å². The lowest BCUT2D eigenvalue weighted by molar-refractivity contribution is 0.0748. The average molecular weight is 269 g/mol. The lowest BCUT2D eigenvalue weighted by Crippen LogP contribution is -2.10. The molecule has 1 saturated carbocycles. The number of ketones is 1. The Morgan fingerprint density at radius 2 is 2.22 bits per heavy atom. The maximum absolute atomic E-state index is 11.8. The van der Waals surface area contributed by atoms with Crippen LogP contribution in [-0.4, -0.2) is 26.1 Å². The number of hydrogen-bond acceptors (Lipinski definition) is 3. The van der Waals surface area contributed by atoms with Gasteiger partial charge in [-0.15, -0.1) is 0 Å². The van der Waals surface area contributed by atoms with Crippen LogP contribution in [0.15, 0.2) is 18.2 Å². The molecule has 0 aliphatic heterocycles. The van der Waals surface area contributed by atoms with Gasteiger partial charge in [-0.1, -0.05) is 24.4 Å². The Bertz CT molecular complexity index is 427. The van der Waals surface area contributed by atoms with Crippen LogP contribution in [0.25, 0.3) is 0 Å². The van der Waals surface area contributed by atoms with Gasteiger partial charge in [0, 0.05) is 12.2 Å². The van der Waals surface area contributed by atoms with E-state index in [0.29, 0.717) is 22.9 Å². The van der Waals surface area contributed by atoms with E-state index in [1.165, 1.54) is 12.8 Å². The number of methoxy groups -OCH3 is 1. The van der Waals surface area contributed by atoms with E-state index < -0.39 is 0 Å². The second-order valence-corrected chi connectivity index (χ2v) is 4.96. The van der Waals surface area contributed by atoms with E-state index >= 15 is 0 Å². The Balaban J connectivity index is 1.81. The molecule has 18 heavy (non-hydrogen) atoms. The first-order chi connectivity index (χ1) is 8.70. The molecule has 0 amide bonds. The van der Waals surface area contributed by atoms with E-state index in [9.17, 15) is 4.79 Å². The highest BCUT2D eigenvalue weighted by atomic mass is 35.5. The molecule has 4 heteroatoms. The molecular formula is C14H17ClO3. The summed E-state index contributed by atoms with van der Waals surface area (Å²) < 4.78 is 10.4. The Labute approximate surface area is 112 Å². The summed E-state index contributed by atoms with van der Waals surface area (Å²) >= 11 is 5.97. The fourth-order valence-electron chi connectivity index (χ4n) is 1.74. The van der Waals surface area contributed by atoms with Gasteiger partial charge in [0.1, 0.15) is 12.4 Å². The summed E-state index contributed by atoms with van der Waals surface area (Å²) in [6.07, 6.45) is 3.69. The molecule has 0 atom stereocenters. The van der Waals surface area contributed by atoms with Crippen molar-refractivity contribution in [2.24, 2.45) is 5.92 Å². The van der Waals surface area contributed by atoms with Gasteiger partial charge in [-0.05, 0) is 30.5 Å². The maximum Gasteiger partial charge on any atom is 0.188 e. The van der Waals surface area contributed by atoms with Gasteiger partial charge < -0.3 is 9.47 Å². The molecule has 1 fully saturated rings. The number of Topliss-reactive ketones (excluding diaryl/α,β-unsaturated/α-hetero) is 1. The summed E-state index contributed by atoms with van der Waals surface area (Å²) in [5.41, 5.74) is 0.562. The van der Waals surface area contributed by atoms with Crippen molar-refractivity contribution in [3.8, 4) is 5.75 Å². The van der Waals surface area contributed by atoms with E-state index in [0.717, 1.165) is 12.3 Å². The van der Waals surface area contributed by atoms with Gasteiger partial charge in [0.15, 0.2) is 5.78 Å². The normalized spacial score (nSPS) is 14.6. The molecule has 1 aromatic rings. The van der Waals surface area contributed by atoms with Crippen molar-refractivity contribution in [2.75, 3.05) is 20.3 Å². The van der Waals surface area contributed by atoms with Crippen molar-refractivity contribution in [3.63, 3.8) is 0 Å². The van der Waals surface area contributed by atoms with Gasteiger partial charge in [-0.25, -0.2) is 0 Å². The van der Waals surface area contributed by atoms with E-state index in [1.807, 2.05) is 0 Å². The molecular weight excluding hydrogens is 252 g/mol. The standard InChI is InChI=1S/C14H17ClO3/c1-17-14-5-4-11(8-12(14)15)13(16)9-18-7-6-10-2-3-10/h4-5,8,10H,2-3,6-7,9H2,1H3. The van der Waals surface area contributed by atoms with Crippen molar-refractivity contribution < 1.29 is 14.3 Å². The van der Waals surface area contributed by atoms with Crippen LogP contribution in [0.5, 0.6) is 5.75 Å². The molecule has 0 unspecified atom stereocenters. The minimum Gasteiger partial charge on any atom is -0.495 e. The smallest absolute Gasteiger partial charge is 0.188 e. The molecule has 0 saturated heterocycles. The van der Waals surface area contributed by atoms with Gasteiger partial charge in [0.25, 0.3) is 0 Å². The minimum absolute atomic E-state index is 0.0460. The number of ether oxygens (including phenoxy) is 2. The first-order valence-electron chi connectivity index (χ1n) is 6.15. The fraction of sp³-hybridized carbons (Fsp3) is 0.500. The minimum atomic E-state index is -0.0460. The Hall–Kier alpha value is -1.06. The largest absolute Gasteiger partial charge is 0.495 e. The predicted molar refractivity (Wildman–Crippen MR) is 70.5 cm³/mol. The highest BCUT2D eigenvalue weighted by Crippen LogP contribution is 2.32. The summed E-state index contributed by atoms with van der Waals surface area (Å²) in [4.78, 5) is 11.8. The predicted octanol–water partition coefficient (Wildman–Crippen LogP) is 3.35. The summed E-state index contributed by atoms with van der Waals surface area (Å²) in [7, 11) is 1.55. The molecule has 3 nitrogen and oxygen atoms in total. The van der Waals surface area contributed by atoms with Crippen LogP contribution in [0.3, 0.4) is 0 Å². The van der Waals surface area contributed by atoms with Crippen LogP contribution >= 0.6 is 11.6 Å². The van der Waals surface area contributed by atoms with Crippen molar-refractivity contribution in [2.45, 2.75) is 19.3 Å². The van der Waals surface area contributed by atoms with Gasteiger partial charge in [-0.2, -0.15) is 0 Å². The molecule has 0 radical (unpaired) electrons. The lowest BCUT2D eigenvalue weighted by atomic mass is 10.1. The Morgan fingerprint density at radius 1 is 1.44 bits per heavy atom. The van der Waals surface area contributed by atoms with E-state index in [2.05, 4.69) is 0 Å². The van der Waals surface area contributed by atoms with Crippen LogP contribution < -0.4 is 4.74 Å². The van der Waals surface area contributed by atoms with Gasteiger partial charge in [0.05, 0.1) is 12.1 Å². The molecule has 1 aromatic carbocycles. The lowest BCUT2D eigenvalue weighted by Gasteiger charge is -2.06. The van der Waals surface area contributed by atoms with Crippen LogP contribution in [0.2, 0.25) is 5.02 Å². The summed E-state index contributed by atoms with van der Waals surface area (Å²) in [5, 5.41) is 0.446. The molecule has 0 aromatic heterocycles. The first-order valence-corrected chi connectivity index (χ1v) is 6.53. The van der Waals surface area contributed by atoms with E-state index in [1.54, 1.807) is 25.3 Å². The maximum atomic E-state index is 11.8. The molecule has 0 bridgehead atoms. The van der Waals surface area contributed by atoms with Crippen LogP contribution in [0.1, 0.15) is 29.6 Å². The van der Waals surface area contributed by atoms with Crippen molar-refractivity contribution >= 4 is 17.4 Å². The molecule has 0 spiro atoms. The van der Waals surface area contributed by atoms with Gasteiger partial charge in [-0.3, -0.25) is 4.79 Å². The third-order valence-electron chi connectivity index (χ3n) is 3.07. The quantitative estimate of drug-likeness (QED) is 0.562. The summed E-state index contributed by atoms with van der Waals surface area (Å²) in [6, 6.07) is 5.02. The molecule has 2 rings (SSSR count). The molecule has 1 aliphatic rings. The van der Waals surface area contributed by atoms with E-state index in [-0.39, 0.29) is 12.4 Å². The zero-order valence-electron chi connectivity index (χ0n) is 10.4. The van der Waals surface area contributed by atoms with Gasteiger partial charge in [0.2, 0.25) is 0 Å². The van der Waals surface area contributed by atoms with Crippen molar-refractivity contribution in [3.05, 3.63) is 28.8 Å². The molecule has 1 aliphatic carbocycles. The zero-order valence-corrected chi connectivity index (χ0v) is 11.2. The SMILES string of the molecule is COc1ccc(C(=O)COCCC2CC2)cc1Cl. The highest BCUT2D eigenvalue weighted by Gasteiger charge is 2.20. The van der Waals surface area contributed by atoms with E-state index in [4.69, 9.17) is 21.1 Å². The van der Waals surface area contributed by atoms with Crippen molar-refractivity contribution in [1.29, 1.82) is 0 Å². The second-order valence-electron chi connectivity index (χ2n) is 4.56. The Morgan fingerprint density at radius 3 is 2.83 bits per heavy atom. The summed E-state index contributed by atoms with van der Waals surface area (Å²) in [5.74, 6) is 1.36. The van der Waals surface area contributed by atoms with Crippen molar-refractivity contribution in [1.82, 2.24) is 0 Å². The monoisotopic (exact) mass is 268 g/mol. The topological polar surface area (TPSA) is 35.5 Å². The number of rotatable bonds is 7. The third kappa shape index (κ3) is 3.72. The number of benzene rings is 1. The van der Waals surface area contributed by atoms with Crippen LogP contribution in [0.4, 0.5) is 0 Å². The number of carbonyl (C=O) groups is 1. The molecule has 0 heterocycles. The number of halogens is 1. The zero-order chi connectivity index (χ0) is 13.0. The third-order valence-corrected chi connectivity index (χ3v) is 3.37. The number of carbonyl (C=O) groups excluding carboxylic acids is 1. The molecule has 0 N–H and O–H groups in total. The molecule has 98 valence electrons. The summed E-state index contributed by atoms with van der Waals surface area (Å²) in [6.45, 7) is 0.787. The average Bonchev–Trinajstić information content (AvgIpc) is 3.18. The fourth-order valence-corrected chi connectivity index (χ4v) is 2.00. The first kappa shape index (κ1) is 13.4. The highest BCUT2D eigenvalue weighted by molar-refractivity contribution is 6.32. The Kier molecular flexibility index (Phi) is 4.61. The second kappa shape index (κ2) is 6.21.